The predicted octanol–water partition coefficient (Wildman–Crippen LogP) is 4.77. The van der Waals surface area contributed by atoms with E-state index in [1.807, 2.05) is 54.6 Å². The lowest BCUT2D eigenvalue weighted by atomic mass is 10.1. The van der Waals surface area contributed by atoms with E-state index in [9.17, 15) is 8.42 Å². The molecule has 1 heterocycles. The van der Waals surface area contributed by atoms with Crippen molar-refractivity contribution in [3.05, 3.63) is 88.4 Å². The molecule has 7 heteroatoms. The summed E-state index contributed by atoms with van der Waals surface area (Å²) in [6.07, 6.45) is -0.514. The summed E-state index contributed by atoms with van der Waals surface area (Å²) in [6.45, 7) is 0.241. The first-order chi connectivity index (χ1) is 13.5. The summed E-state index contributed by atoms with van der Waals surface area (Å²) in [5.41, 5.74) is 2.35. The van der Waals surface area contributed by atoms with Gasteiger partial charge in [0, 0.05) is 11.0 Å². The number of methoxy groups -OCH3 is 1. The topological polar surface area (TPSA) is 58.6 Å². The second-order valence-corrected chi connectivity index (χ2v) is 9.27. The van der Waals surface area contributed by atoms with Crippen LogP contribution >= 0.6 is 15.9 Å². The van der Waals surface area contributed by atoms with Gasteiger partial charge < -0.3 is 10.1 Å². The van der Waals surface area contributed by atoms with Crippen LogP contribution in [0.25, 0.3) is 0 Å². The summed E-state index contributed by atoms with van der Waals surface area (Å²) >= 11 is 3.48. The minimum Gasteiger partial charge on any atom is -0.497 e. The number of nitrogens with one attached hydrogen (secondary N) is 1. The van der Waals surface area contributed by atoms with Gasteiger partial charge in [0.15, 0.2) is 0 Å². The van der Waals surface area contributed by atoms with Crippen LogP contribution in [0.15, 0.2) is 82.2 Å². The molecular formula is C21H19BrN2O3S. The summed E-state index contributed by atoms with van der Waals surface area (Å²) in [4.78, 5) is 0.287. The van der Waals surface area contributed by atoms with Gasteiger partial charge in [-0.05, 0) is 47.5 Å². The van der Waals surface area contributed by atoms with Crippen molar-refractivity contribution in [2.45, 2.75) is 17.6 Å². The van der Waals surface area contributed by atoms with Crippen LogP contribution < -0.4 is 10.1 Å². The first-order valence-electron chi connectivity index (χ1n) is 8.75. The second-order valence-electron chi connectivity index (χ2n) is 6.50. The fraction of sp³-hybridized carbons (Fsp3) is 0.143. The number of anilines is 1. The first kappa shape index (κ1) is 19.0. The Morgan fingerprint density at radius 1 is 1.04 bits per heavy atom. The molecule has 0 bridgehead atoms. The maximum absolute atomic E-state index is 13.4. The third kappa shape index (κ3) is 3.53. The van der Waals surface area contributed by atoms with Crippen LogP contribution in [0.3, 0.4) is 0 Å². The number of ether oxygens (including phenoxy) is 1. The van der Waals surface area contributed by atoms with Crippen molar-refractivity contribution in [1.82, 2.24) is 4.31 Å². The van der Waals surface area contributed by atoms with Gasteiger partial charge >= 0.3 is 0 Å². The normalized spacial score (nSPS) is 18.1. The fourth-order valence-corrected chi connectivity index (χ4v) is 5.40. The van der Waals surface area contributed by atoms with E-state index in [4.69, 9.17) is 4.74 Å². The molecule has 28 heavy (non-hydrogen) atoms. The Balaban J connectivity index is 1.80. The molecule has 0 aromatic heterocycles. The zero-order valence-electron chi connectivity index (χ0n) is 15.2. The minimum atomic E-state index is -3.68. The molecule has 1 aliphatic rings. The fourth-order valence-electron chi connectivity index (χ4n) is 3.31. The van der Waals surface area contributed by atoms with E-state index in [0.29, 0.717) is 5.69 Å². The number of hydrogen-bond donors (Lipinski definition) is 1. The van der Waals surface area contributed by atoms with Gasteiger partial charge in [-0.1, -0.05) is 52.3 Å². The summed E-state index contributed by atoms with van der Waals surface area (Å²) in [5, 5.41) is 3.39. The molecule has 0 unspecified atom stereocenters. The van der Waals surface area contributed by atoms with Crippen LogP contribution in [0.1, 0.15) is 17.3 Å². The van der Waals surface area contributed by atoms with Crippen LogP contribution in [0.4, 0.5) is 5.69 Å². The highest BCUT2D eigenvalue weighted by Gasteiger charge is 2.38. The maximum Gasteiger partial charge on any atom is 0.247 e. The molecule has 0 aliphatic carbocycles. The van der Waals surface area contributed by atoms with Gasteiger partial charge in [-0.2, -0.15) is 4.31 Å². The van der Waals surface area contributed by atoms with E-state index in [2.05, 4.69) is 21.2 Å². The highest BCUT2D eigenvalue weighted by atomic mass is 79.9. The van der Waals surface area contributed by atoms with Crippen LogP contribution in [-0.2, 0) is 16.6 Å². The number of halogens is 1. The number of fused-ring (bicyclic) bond motifs is 1. The van der Waals surface area contributed by atoms with Crippen LogP contribution in [0.5, 0.6) is 5.75 Å². The van der Waals surface area contributed by atoms with Gasteiger partial charge in [0.1, 0.15) is 16.8 Å². The van der Waals surface area contributed by atoms with Crippen LogP contribution in [0.2, 0.25) is 0 Å². The highest BCUT2D eigenvalue weighted by Crippen LogP contribution is 2.39. The number of para-hydroxylation sites is 1. The van der Waals surface area contributed by atoms with Gasteiger partial charge in [-0.25, -0.2) is 8.42 Å². The van der Waals surface area contributed by atoms with Gasteiger partial charge in [-0.15, -0.1) is 0 Å². The highest BCUT2D eigenvalue weighted by molar-refractivity contribution is 9.10. The van der Waals surface area contributed by atoms with E-state index in [0.717, 1.165) is 21.3 Å². The van der Waals surface area contributed by atoms with Gasteiger partial charge in [-0.3, -0.25) is 0 Å². The van der Waals surface area contributed by atoms with Crippen molar-refractivity contribution in [3.8, 4) is 5.75 Å². The third-order valence-electron chi connectivity index (χ3n) is 4.72. The zero-order valence-corrected chi connectivity index (χ0v) is 17.6. The molecule has 3 aromatic carbocycles. The minimum absolute atomic E-state index is 0.241. The first-order valence-corrected chi connectivity index (χ1v) is 11.0. The molecule has 1 aliphatic heterocycles. The Kier molecular flexibility index (Phi) is 5.14. The summed E-state index contributed by atoms with van der Waals surface area (Å²) in [5.74, 6) is 0.734. The van der Waals surface area contributed by atoms with Crippen molar-refractivity contribution >= 4 is 31.6 Å². The molecule has 0 fully saturated rings. The summed E-state index contributed by atoms with van der Waals surface area (Å²) < 4.78 is 34.5. The van der Waals surface area contributed by atoms with E-state index in [-0.39, 0.29) is 11.4 Å². The van der Waals surface area contributed by atoms with Gasteiger partial charge in [0.05, 0.1) is 12.8 Å². The lowest BCUT2D eigenvalue weighted by Gasteiger charge is -2.37. The molecule has 0 saturated carbocycles. The smallest absolute Gasteiger partial charge is 0.247 e. The molecule has 4 rings (SSSR count). The molecule has 3 aromatic rings. The molecule has 1 N–H and O–H groups in total. The Morgan fingerprint density at radius 3 is 2.50 bits per heavy atom. The van der Waals surface area contributed by atoms with Crippen molar-refractivity contribution in [1.29, 1.82) is 0 Å². The Hall–Kier alpha value is -2.35. The average Bonchev–Trinajstić information content (AvgIpc) is 2.70. The molecule has 0 spiro atoms. The van der Waals surface area contributed by atoms with Crippen molar-refractivity contribution in [2.24, 2.45) is 0 Å². The van der Waals surface area contributed by atoms with Gasteiger partial charge in [0.2, 0.25) is 10.0 Å². The van der Waals surface area contributed by atoms with Crippen molar-refractivity contribution < 1.29 is 13.2 Å². The van der Waals surface area contributed by atoms with Crippen molar-refractivity contribution in [2.75, 3.05) is 12.4 Å². The monoisotopic (exact) mass is 458 g/mol. The van der Waals surface area contributed by atoms with E-state index < -0.39 is 16.2 Å². The van der Waals surface area contributed by atoms with E-state index in [1.54, 1.807) is 25.3 Å². The third-order valence-corrected chi connectivity index (χ3v) is 7.08. The lowest BCUT2D eigenvalue weighted by Crippen LogP contribution is -2.42. The van der Waals surface area contributed by atoms with Crippen molar-refractivity contribution in [3.63, 3.8) is 0 Å². The van der Waals surface area contributed by atoms with Crippen LogP contribution in [0, 0.1) is 0 Å². The predicted molar refractivity (Wildman–Crippen MR) is 113 cm³/mol. The number of nitrogens with zero attached hydrogens (tertiary/aromatic N) is 1. The Bertz CT molecular complexity index is 1100. The lowest BCUT2D eigenvalue weighted by molar-refractivity contribution is 0.336. The number of sulfonamides is 1. The molecule has 1 atom stereocenters. The van der Waals surface area contributed by atoms with Crippen LogP contribution in [-0.4, -0.2) is 19.8 Å². The Morgan fingerprint density at radius 2 is 1.79 bits per heavy atom. The summed E-state index contributed by atoms with van der Waals surface area (Å²) in [6, 6.07) is 22.1. The zero-order chi connectivity index (χ0) is 19.7. The van der Waals surface area contributed by atoms with Gasteiger partial charge in [0.25, 0.3) is 0 Å². The largest absolute Gasteiger partial charge is 0.497 e. The Labute approximate surface area is 173 Å². The quantitative estimate of drug-likeness (QED) is 0.611. The molecule has 0 saturated heterocycles. The molecular weight excluding hydrogens is 440 g/mol. The molecule has 5 nitrogen and oxygen atoms in total. The van der Waals surface area contributed by atoms with E-state index in [1.165, 1.54) is 4.31 Å². The molecule has 0 amide bonds. The molecule has 0 radical (unpaired) electrons. The second kappa shape index (κ2) is 7.58. The SMILES string of the molecule is COc1ccc(CN2[C@H](c3cccc(Br)c3)Nc3ccccc3S2(=O)=O)cc1. The number of hydrogen-bond acceptors (Lipinski definition) is 4. The average molecular weight is 459 g/mol. The number of rotatable bonds is 4. The number of benzene rings is 3. The standard InChI is InChI=1S/C21H19BrN2O3S/c1-27-18-11-9-15(10-12-18)14-24-21(16-5-4-6-17(22)13-16)23-19-7-2-3-8-20(19)28(24,25)26/h2-13,21,23H,14H2,1H3/t21-/m1/s1. The summed E-state index contributed by atoms with van der Waals surface area (Å²) in [7, 11) is -2.08. The maximum atomic E-state index is 13.4. The molecule has 144 valence electrons. The van der Waals surface area contributed by atoms with E-state index >= 15 is 0 Å².